The Labute approximate surface area is 125 Å². The highest BCUT2D eigenvalue weighted by molar-refractivity contribution is 6.07. The monoisotopic (exact) mass is 309 g/mol. The fourth-order valence-electron chi connectivity index (χ4n) is 3.25. The maximum atomic E-state index is 12.5. The van der Waals surface area contributed by atoms with Gasteiger partial charge in [0.2, 0.25) is 11.8 Å². The smallest absolute Gasteiger partial charge is 0.259 e. The maximum Gasteiger partial charge on any atom is 0.259 e. The van der Waals surface area contributed by atoms with Crippen LogP contribution in [0.15, 0.2) is 23.9 Å². The van der Waals surface area contributed by atoms with Gasteiger partial charge in [0.05, 0.1) is 16.9 Å². The highest BCUT2D eigenvalue weighted by Gasteiger charge is 2.56. The molecular weight excluding hydrogens is 294 g/mol. The first-order valence-electron chi connectivity index (χ1n) is 6.93. The van der Waals surface area contributed by atoms with Crippen molar-refractivity contribution in [3.8, 4) is 0 Å². The number of likely N-dealkylation sites (tertiary alicyclic amines) is 1. The van der Waals surface area contributed by atoms with Gasteiger partial charge < -0.3 is 10.2 Å². The molecule has 0 aromatic rings. The summed E-state index contributed by atoms with van der Waals surface area (Å²) in [4.78, 5) is 36.3. The Hall–Kier alpha value is -2.10. The third-order valence-corrected chi connectivity index (χ3v) is 4.30. The number of nitrogens with one attached hydrogen (secondary N) is 1. The number of allylic oxidation sites excluding steroid dienone is 2. The molecule has 0 aromatic carbocycles. The SMILES string of the molecule is O=C1C2C=CC=C([N+](=O)[O-])C2C(=O)N1C1CCC(O)NC1O. The summed E-state index contributed by atoms with van der Waals surface area (Å²) in [5.41, 5.74) is -0.313. The van der Waals surface area contributed by atoms with Crippen molar-refractivity contribution in [2.24, 2.45) is 11.8 Å². The molecule has 3 rings (SSSR count). The van der Waals surface area contributed by atoms with Gasteiger partial charge in [-0.15, -0.1) is 0 Å². The van der Waals surface area contributed by atoms with E-state index >= 15 is 0 Å². The van der Waals surface area contributed by atoms with Crippen LogP contribution in [0.25, 0.3) is 0 Å². The first-order chi connectivity index (χ1) is 10.4. The summed E-state index contributed by atoms with van der Waals surface area (Å²) >= 11 is 0. The zero-order valence-electron chi connectivity index (χ0n) is 11.5. The van der Waals surface area contributed by atoms with Crippen LogP contribution in [0.4, 0.5) is 0 Å². The van der Waals surface area contributed by atoms with E-state index in [-0.39, 0.29) is 18.5 Å². The van der Waals surface area contributed by atoms with E-state index in [0.717, 1.165) is 4.90 Å². The number of hydrogen-bond donors (Lipinski definition) is 3. The van der Waals surface area contributed by atoms with Crippen LogP contribution in [-0.2, 0) is 9.59 Å². The number of rotatable bonds is 2. The second kappa shape index (κ2) is 5.27. The summed E-state index contributed by atoms with van der Waals surface area (Å²) in [6.45, 7) is 0. The Kier molecular flexibility index (Phi) is 3.55. The molecule has 0 aromatic heterocycles. The minimum atomic E-state index is -1.26. The lowest BCUT2D eigenvalue weighted by Gasteiger charge is -2.36. The molecule has 9 heteroatoms. The van der Waals surface area contributed by atoms with Crippen molar-refractivity contribution in [3.63, 3.8) is 0 Å². The summed E-state index contributed by atoms with van der Waals surface area (Å²) in [5, 5.41) is 32.9. The van der Waals surface area contributed by atoms with E-state index in [1.807, 2.05) is 0 Å². The largest absolute Gasteiger partial charge is 0.379 e. The predicted molar refractivity (Wildman–Crippen MR) is 71.2 cm³/mol. The van der Waals surface area contributed by atoms with Crippen LogP contribution < -0.4 is 5.32 Å². The molecule has 2 heterocycles. The zero-order chi connectivity index (χ0) is 16.0. The van der Waals surface area contributed by atoms with Crippen LogP contribution in [0.1, 0.15) is 12.8 Å². The summed E-state index contributed by atoms with van der Waals surface area (Å²) < 4.78 is 0. The number of nitrogens with zero attached hydrogens (tertiary/aromatic N) is 2. The van der Waals surface area contributed by atoms with Crippen molar-refractivity contribution in [2.75, 3.05) is 0 Å². The van der Waals surface area contributed by atoms with Gasteiger partial charge in [-0.1, -0.05) is 12.2 Å². The quantitative estimate of drug-likeness (QED) is 0.328. The van der Waals surface area contributed by atoms with Gasteiger partial charge in [-0.3, -0.25) is 29.9 Å². The van der Waals surface area contributed by atoms with Crippen molar-refractivity contribution in [1.82, 2.24) is 10.2 Å². The van der Waals surface area contributed by atoms with Gasteiger partial charge in [-0.2, -0.15) is 0 Å². The molecule has 2 aliphatic heterocycles. The van der Waals surface area contributed by atoms with Crippen molar-refractivity contribution < 1.29 is 24.7 Å². The molecule has 0 saturated carbocycles. The Morgan fingerprint density at radius 2 is 2.00 bits per heavy atom. The van der Waals surface area contributed by atoms with Gasteiger partial charge in [0, 0.05) is 6.08 Å². The molecule has 118 valence electrons. The summed E-state index contributed by atoms with van der Waals surface area (Å²) in [7, 11) is 0. The molecule has 2 amide bonds. The molecule has 5 unspecified atom stereocenters. The fraction of sp³-hybridized carbons (Fsp3) is 0.538. The van der Waals surface area contributed by atoms with Crippen LogP contribution in [0.5, 0.6) is 0 Å². The van der Waals surface area contributed by atoms with Crippen molar-refractivity contribution in [1.29, 1.82) is 0 Å². The van der Waals surface area contributed by atoms with Crippen molar-refractivity contribution >= 4 is 11.8 Å². The summed E-state index contributed by atoms with van der Waals surface area (Å²) in [6.07, 6.45) is 2.41. The second-order valence-electron chi connectivity index (χ2n) is 5.56. The van der Waals surface area contributed by atoms with E-state index in [4.69, 9.17) is 0 Å². The van der Waals surface area contributed by atoms with Crippen LogP contribution in [0.2, 0.25) is 0 Å². The van der Waals surface area contributed by atoms with Gasteiger partial charge in [-0.05, 0) is 12.8 Å². The number of aliphatic hydroxyl groups is 2. The molecule has 0 spiro atoms. The van der Waals surface area contributed by atoms with Crippen LogP contribution in [0, 0.1) is 22.0 Å². The average molecular weight is 309 g/mol. The number of hydrogen-bond acceptors (Lipinski definition) is 7. The summed E-state index contributed by atoms with van der Waals surface area (Å²) in [5.74, 6) is -3.28. The highest BCUT2D eigenvalue weighted by atomic mass is 16.6. The molecule has 22 heavy (non-hydrogen) atoms. The molecule has 0 radical (unpaired) electrons. The van der Waals surface area contributed by atoms with Gasteiger partial charge in [0.15, 0.2) is 0 Å². The number of amides is 2. The standard InChI is InChI=1S/C13H15N3O6/c17-9-5-4-8(11(18)14-9)15-12(19)6-2-1-3-7(16(21)22)10(6)13(15)20/h1-3,6,8-11,14,17-18H,4-5H2. The number of carbonyl (C=O) groups excluding carboxylic acids is 2. The molecule has 5 atom stereocenters. The molecule has 2 fully saturated rings. The molecule has 0 bridgehead atoms. The minimum absolute atomic E-state index is 0.230. The lowest BCUT2D eigenvalue weighted by Crippen LogP contribution is -2.58. The number of imide groups is 1. The van der Waals surface area contributed by atoms with Crippen molar-refractivity contribution in [3.05, 3.63) is 34.0 Å². The van der Waals surface area contributed by atoms with Gasteiger partial charge >= 0.3 is 0 Å². The van der Waals surface area contributed by atoms with E-state index in [2.05, 4.69) is 5.32 Å². The van der Waals surface area contributed by atoms with E-state index in [0.29, 0.717) is 0 Å². The number of fused-ring (bicyclic) bond motifs is 1. The van der Waals surface area contributed by atoms with Crippen LogP contribution in [-0.4, -0.2) is 50.3 Å². The Morgan fingerprint density at radius 1 is 1.27 bits per heavy atom. The number of piperidine rings is 1. The van der Waals surface area contributed by atoms with E-state index < -0.39 is 47.1 Å². The molecular formula is C13H15N3O6. The second-order valence-corrected chi connectivity index (χ2v) is 5.56. The molecule has 9 nitrogen and oxygen atoms in total. The zero-order valence-corrected chi connectivity index (χ0v) is 11.5. The van der Waals surface area contributed by atoms with Crippen LogP contribution >= 0.6 is 0 Å². The molecule has 3 N–H and O–H groups in total. The van der Waals surface area contributed by atoms with Gasteiger partial charge in [0.25, 0.3) is 5.70 Å². The normalized spacial score (nSPS) is 38.0. The topological polar surface area (TPSA) is 133 Å². The summed E-state index contributed by atoms with van der Waals surface area (Å²) in [6, 6.07) is -0.838. The van der Waals surface area contributed by atoms with E-state index in [1.165, 1.54) is 18.2 Å². The van der Waals surface area contributed by atoms with Gasteiger partial charge in [-0.25, -0.2) is 0 Å². The minimum Gasteiger partial charge on any atom is -0.379 e. The molecule has 2 saturated heterocycles. The fourth-order valence-corrected chi connectivity index (χ4v) is 3.25. The average Bonchev–Trinajstić information content (AvgIpc) is 2.72. The lowest BCUT2D eigenvalue weighted by atomic mass is 9.88. The van der Waals surface area contributed by atoms with E-state index in [1.54, 1.807) is 0 Å². The maximum absolute atomic E-state index is 12.5. The Bertz CT molecular complexity index is 601. The third kappa shape index (κ3) is 2.14. The highest BCUT2D eigenvalue weighted by Crippen LogP contribution is 2.38. The number of aliphatic hydroxyl groups excluding tert-OH is 2. The number of nitro groups is 1. The van der Waals surface area contributed by atoms with Crippen molar-refractivity contribution in [2.45, 2.75) is 31.3 Å². The first-order valence-corrected chi connectivity index (χ1v) is 6.93. The Balaban J connectivity index is 1.91. The predicted octanol–water partition coefficient (Wildman–Crippen LogP) is -1.29. The molecule has 3 aliphatic rings. The number of carbonyl (C=O) groups is 2. The first kappa shape index (κ1) is 14.8. The lowest BCUT2D eigenvalue weighted by molar-refractivity contribution is -0.432. The van der Waals surface area contributed by atoms with Crippen LogP contribution in [0.3, 0.4) is 0 Å². The van der Waals surface area contributed by atoms with Gasteiger partial charge in [0.1, 0.15) is 18.4 Å². The molecule has 1 aliphatic carbocycles. The third-order valence-electron chi connectivity index (χ3n) is 4.30. The Morgan fingerprint density at radius 3 is 2.64 bits per heavy atom. The van der Waals surface area contributed by atoms with E-state index in [9.17, 15) is 29.9 Å².